The Morgan fingerprint density at radius 2 is 1.82 bits per heavy atom. The molecule has 0 spiro atoms. The molecule has 1 aliphatic rings. The van der Waals surface area contributed by atoms with Gasteiger partial charge in [-0.05, 0) is 36.1 Å². The number of hydrogen-bond donors (Lipinski definition) is 1. The summed E-state index contributed by atoms with van der Waals surface area (Å²) in [5.74, 6) is 0.874. The van der Waals surface area contributed by atoms with Gasteiger partial charge in [-0.2, -0.15) is 0 Å². The molecule has 86 valence electrons. The molecule has 0 amide bonds. The second-order valence-electron chi connectivity index (χ2n) is 4.35. The van der Waals surface area contributed by atoms with Gasteiger partial charge in [-0.3, -0.25) is 0 Å². The molecule has 1 N–H and O–H groups in total. The van der Waals surface area contributed by atoms with Gasteiger partial charge in [0.05, 0.1) is 0 Å². The molecule has 3 rings (SSSR count). The van der Waals surface area contributed by atoms with Crippen LogP contribution in [0.5, 0.6) is 0 Å². The van der Waals surface area contributed by atoms with E-state index < -0.39 is 0 Å². The van der Waals surface area contributed by atoms with Gasteiger partial charge in [0, 0.05) is 6.04 Å². The van der Waals surface area contributed by atoms with Crippen molar-refractivity contribution in [1.29, 1.82) is 0 Å². The van der Waals surface area contributed by atoms with Crippen molar-refractivity contribution in [3.05, 3.63) is 47.6 Å². The molecule has 1 fully saturated rings. The fraction of sp³-hybridized carbons (Fsp3) is 0.214. The van der Waals surface area contributed by atoms with E-state index in [1.54, 1.807) is 0 Å². The number of pyridine rings is 1. The van der Waals surface area contributed by atoms with Gasteiger partial charge in [0.1, 0.15) is 11.0 Å². The van der Waals surface area contributed by atoms with Crippen LogP contribution in [0.1, 0.15) is 12.8 Å². The van der Waals surface area contributed by atoms with Gasteiger partial charge in [0.2, 0.25) is 0 Å². The minimum Gasteiger partial charge on any atom is -0.367 e. The fourth-order valence-electron chi connectivity index (χ4n) is 1.80. The molecule has 0 unspecified atom stereocenters. The van der Waals surface area contributed by atoms with E-state index in [9.17, 15) is 0 Å². The zero-order chi connectivity index (χ0) is 11.7. The summed E-state index contributed by atoms with van der Waals surface area (Å²) in [6, 6.07) is 14.8. The maximum Gasteiger partial charge on any atom is 0.132 e. The summed E-state index contributed by atoms with van der Waals surface area (Å²) in [6.45, 7) is 0. The van der Waals surface area contributed by atoms with Crippen LogP contribution in [0.2, 0.25) is 5.15 Å². The van der Waals surface area contributed by atoms with Crippen LogP contribution in [0.25, 0.3) is 11.1 Å². The van der Waals surface area contributed by atoms with Crippen molar-refractivity contribution in [1.82, 2.24) is 4.98 Å². The van der Waals surface area contributed by atoms with Crippen LogP contribution in [0.15, 0.2) is 42.5 Å². The number of benzene rings is 1. The summed E-state index contributed by atoms with van der Waals surface area (Å²) in [5, 5.41) is 3.91. The van der Waals surface area contributed by atoms with Gasteiger partial charge in [-0.25, -0.2) is 4.98 Å². The number of anilines is 1. The standard InChI is InChI=1S/C14H13ClN2/c15-13-8-11(10-4-2-1-3-5-10)9-14(17-13)16-12-6-7-12/h1-5,8-9,12H,6-7H2,(H,16,17). The molecule has 17 heavy (non-hydrogen) atoms. The number of aromatic nitrogens is 1. The summed E-state index contributed by atoms with van der Waals surface area (Å²) in [4.78, 5) is 4.29. The first kappa shape index (κ1) is 10.6. The van der Waals surface area contributed by atoms with E-state index in [1.807, 2.05) is 24.3 Å². The summed E-state index contributed by atoms with van der Waals surface area (Å²) in [5.41, 5.74) is 2.27. The molecular weight excluding hydrogens is 232 g/mol. The van der Waals surface area contributed by atoms with Crippen molar-refractivity contribution in [2.24, 2.45) is 0 Å². The quantitative estimate of drug-likeness (QED) is 0.827. The van der Waals surface area contributed by atoms with Crippen molar-refractivity contribution in [3.63, 3.8) is 0 Å². The minimum absolute atomic E-state index is 0.537. The average Bonchev–Trinajstić information content (AvgIpc) is 3.13. The molecule has 0 aliphatic heterocycles. The molecule has 1 saturated carbocycles. The topological polar surface area (TPSA) is 24.9 Å². The van der Waals surface area contributed by atoms with Crippen LogP contribution >= 0.6 is 11.6 Å². The summed E-state index contributed by atoms with van der Waals surface area (Å²) >= 11 is 6.05. The lowest BCUT2D eigenvalue weighted by Gasteiger charge is -2.07. The highest BCUT2D eigenvalue weighted by atomic mass is 35.5. The molecular formula is C14H13ClN2. The van der Waals surface area contributed by atoms with E-state index in [-0.39, 0.29) is 0 Å². The Morgan fingerprint density at radius 3 is 2.53 bits per heavy atom. The monoisotopic (exact) mass is 244 g/mol. The summed E-state index contributed by atoms with van der Waals surface area (Å²) in [6.07, 6.45) is 2.46. The number of nitrogens with zero attached hydrogens (tertiary/aromatic N) is 1. The molecule has 2 nitrogen and oxygen atoms in total. The Kier molecular flexibility index (Phi) is 2.73. The maximum atomic E-state index is 6.05. The van der Waals surface area contributed by atoms with Gasteiger partial charge in [0.25, 0.3) is 0 Å². The highest BCUT2D eigenvalue weighted by Gasteiger charge is 2.21. The van der Waals surface area contributed by atoms with Crippen molar-refractivity contribution < 1.29 is 0 Å². The molecule has 3 heteroatoms. The Balaban J connectivity index is 1.95. The van der Waals surface area contributed by atoms with E-state index >= 15 is 0 Å². The maximum absolute atomic E-state index is 6.05. The first-order valence-corrected chi connectivity index (χ1v) is 6.18. The molecule has 0 bridgehead atoms. The zero-order valence-corrected chi connectivity index (χ0v) is 10.1. The van der Waals surface area contributed by atoms with Crippen LogP contribution < -0.4 is 5.32 Å². The first-order chi connectivity index (χ1) is 8.31. The van der Waals surface area contributed by atoms with Gasteiger partial charge >= 0.3 is 0 Å². The van der Waals surface area contributed by atoms with Crippen molar-refractivity contribution in [2.45, 2.75) is 18.9 Å². The van der Waals surface area contributed by atoms with Crippen LogP contribution in [0.4, 0.5) is 5.82 Å². The molecule has 1 aromatic carbocycles. The van der Waals surface area contributed by atoms with Crippen LogP contribution in [0.3, 0.4) is 0 Å². The Labute approximate surface area is 106 Å². The Bertz CT molecular complexity index is 521. The number of nitrogens with one attached hydrogen (secondary N) is 1. The van der Waals surface area contributed by atoms with E-state index in [0.717, 1.165) is 16.9 Å². The number of rotatable bonds is 3. The van der Waals surface area contributed by atoms with E-state index in [2.05, 4.69) is 28.5 Å². The van der Waals surface area contributed by atoms with Crippen molar-refractivity contribution in [2.75, 3.05) is 5.32 Å². The van der Waals surface area contributed by atoms with Crippen LogP contribution in [-0.4, -0.2) is 11.0 Å². The van der Waals surface area contributed by atoms with Crippen LogP contribution in [-0.2, 0) is 0 Å². The molecule has 1 aliphatic carbocycles. The third-order valence-corrected chi connectivity index (χ3v) is 3.02. The second kappa shape index (κ2) is 4.38. The SMILES string of the molecule is Clc1cc(-c2ccccc2)cc(NC2CC2)n1. The summed E-state index contributed by atoms with van der Waals surface area (Å²) in [7, 11) is 0. The van der Waals surface area contributed by atoms with Gasteiger partial charge in [0.15, 0.2) is 0 Å². The zero-order valence-electron chi connectivity index (χ0n) is 9.36. The van der Waals surface area contributed by atoms with E-state index in [4.69, 9.17) is 11.6 Å². The third-order valence-electron chi connectivity index (χ3n) is 2.83. The van der Waals surface area contributed by atoms with Crippen molar-refractivity contribution >= 4 is 17.4 Å². The summed E-state index contributed by atoms with van der Waals surface area (Å²) < 4.78 is 0. The first-order valence-electron chi connectivity index (χ1n) is 5.81. The lowest BCUT2D eigenvalue weighted by molar-refractivity contribution is 1.11. The molecule has 2 aromatic rings. The molecule has 0 atom stereocenters. The van der Waals surface area contributed by atoms with E-state index in [1.165, 1.54) is 12.8 Å². The Hall–Kier alpha value is -1.54. The number of halogens is 1. The van der Waals surface area contributed by atoms with Gasteiger partial charge in [-0.1, -0.05) is 41.9 Å². The van der Waals surface area contributed by atoms with Gasteiger partial charge in [-0.15, -0.1) is 0 Å². The van der Waals surface area contributed by atoms with Gasteiger partial charge < -0.3 is 5.32 Å². The lowest BCUT2D eigenvalue weighted by Crippen LogP contribution is -2.03. The highest BCUT2D eigenvalue weighted by Crippen LogP contribution is 2.28. The van der Waals surface area contributed by atoms with E-state index in [0.29, 0.717) is 11.2 Å². The molecule has 0 saturated heterocycles. The molecule has 0 radical (unpaired) electrons. The Morgan fingerprint density at radius 1 is 1.06 bits per heavy atom. The molecule has 1 aromatic heterocycles. The number of hydrogen-bond acceptors (Lipinski definition) is 2. The normalized spacial score (nSPS) is 14.6. The highest BCUT2D eigenvalue weighted by molar-refractivity contribution is 6.29. The minimum atomic E-state index is 0.537. The second-order valence-corrected chi connectivity index (χ2v) is 4.74. The largest absolute Gasteiger partial charge is 0.367 e. The third kappa shape index (κ3) is 2.59. The van der Waals surface area contributed by atoms with Crippen molar-refractivity contribution in [3.8, 4) is 11.1 Å². The average molecular weight is 245 g/mol. The predicted octanol–water partition coefficient (Wildman–Crippen LogP) is 3.98. The lowest BCUT2D eigenvalue weighted by atomic mass is 10.1. The van der Waals surface area contributed by atoms with Crippen LogP contribution in [0, 0.1) is 0 Å². The fourth-order valence-corrected chi connectivity index (χ4v) is 2.01. The molecule has 1 heterocycles. The predicted molar refractivity (Wildman–Crippen MR) is 71.3 cm³/mol. The smallest absolute Gasteiger partial charge is 0.132 e.